The smallest absolute Gasteiger partial charge is 0.159 e. The minimum atomic E-state index is -0.219. The number of ether oxygens (including phenoxy) is 2. The number of nitrogens with zero attached hydrogens (tertiary/aromatic N) is 3. The monoisotopic (exact) mass is 433 g/mol. The van der Waals surface area contributed by atoms with Crippen LogP contribution >= 0.6 is 12.4 Å². The first-order valence-corrected chi connectivity index (χ1v) is 10.2. The van der Waals surface area contributed by atoms with Crippen molar-refractivity contribution in [2.45, 2.75) is 46.1 Å². The molecular weight excluding hydrogens is 405 g/mol. The first kappa shape index (κ1) is 22.5. The molecule has 0 atom stereocenters. The molecule has 1 aliphatic heterocycles. The predicted octanol–water partition coefficient (Wildman–Crippen LogP) is 5.00. The topological polar surface area (TPSA) is 39.5 Å². The van der Waals surface area contributed by atoms with E-state index in [0.717, 1.165) is 49.5 Å². The second-order valence-electron chi connectivity index (χ2n) is 7.69. The van der Waals surface area contributed by atoms with Gasteiger partial charge in [-0.05, 0) is 49.6 Å². The number of fused-ring (bicyclic) bond motifs is 1. The van der Waals surface area contributed by atoms with Crippen molar-refractivity contribution in [1.82, 2.24) is 9.55 Å². The van der Waals surface area contributed by atoms with Crippen molar-refractivity contribution < 1.29 is 13.9 Å². The van der Waals surface area contributed by atoms with Crippen molar-refractivity contribution in [2.75, 3.05) is 25.2 Å². The maximum Gasteiger partial charge on any atom is 0.159 e. The zero-order valence-corrected chi connectivity index (χ0v) is 18.5. The Morgan fingerprint density at radius 1 is 1.13 bits per heavy atom. The van der Waals surface area contributed by atoms with Crippen LogP contribution in [0.1, 0.15) is 29.7 Å². The van der Waals surface area contributed by atoms with E-state index in [1.54, 1.807) is 0 Å². The molecule has 0 saturated carbocycles. The van der Waals surface area contributed by atoms with E-state index >= 15 is 0 Å². The van der Waals surface area contributed by atoms with Crippen molar-refractivity contribution >= 4 is 29.1 Å². The molecule has 2 aromatic heterocycles. The lowest BCUT2D eigenvalue weighted by Gasteiger charge is -2.24. The maximum atomic E-state index is 13.2. The van der Waals surface area contributed by atoms with Gasteiger partial charge in [0.1, 0.15) is 5.82 Å². The fourth-order valence-corrected chi connectivity index (χ4v) is 4.01. The van der Waals surface area contributed by atoms with E-state index in [1.807, 2.05) is 25.4 Å². The molecule has 0 aliphatic carbocycles. The molecule has 1 fully saturated rings. The quantitative estimate of drug-likeness (QED) is 0.548. The fourth-order valence-electron chi connectivity index (χ4n) is 4.01. The van der Waals surface area contributed by atoms with Gasteiger partial charge in [0.15, 0.2) is 12.1 Å². The van der Waals surface area contributed by atoms with E-state index < -0.39 is 0 Å². The average molecular weight is 434 g/mol. The van der Waals surface area contributed by atoms with Crippen LogP contribution in [0, 0.1) is 19.7 Å². The van der Waals surface area contributed by atoms with Gasteiger partial charge in [-0.2, -0.15) is 0 Å². The van der Waals surface area contributed by atoms with Gasteiger partial charge in [-0.15, -0.1) is 12.4 Å². The van der Waals surface area contributed by atoms with Gasteiger partial charge in [0.05, 0.1) is 18.7 Å². The third kappa shape index (κ3) is 4.61. The van der Waals surface area contributed by atoms with E-state index in [2.05, 4.69) is 29.4 Å². The number of benzene rings is 1. The molecular formula is C23H29ClFN3O2. The van der Waals surface area contributed by atoms with E-state index in [0.29, 0.717) is 6.54 Å². The van der Waals surface area contributed by atoms with Gasteiger partial charge in [0, 0.05) is 43.8 Å². The summed E-state index contributed by atoms with van der Waals surface area (Å²) in [6.45, 7) is 7.31. The summed E-state index contributed by atoms with van der Waals surface area (Å²) in [5.74, 6) is 0.706. The molecule has 0 bridgehead atoms. The molecule has 7 heteroatoms. The average Bonchev–Trinajstić information content (AvgIpc) is 2.99. The van der Waals surface area contributed by atoms with Crippen LogP contribution in [0.4, 0.5) is 10.2 Å². The zero-order valence-electron chi connectivity index (χ0n) is 17.7. The Labute approximate surface area is 183 Å². The molecule has 0 amide bonds. The third-order valence-electron chi connectivity index (χ3n) is 5.71. The summed E-state index contributed by atoms with van der Waals surface area (Å²) in [6, 6.07) is 8.71. The van der Waals surface area contributed by atoms with Crippen molar-refractivity contribution in [1.29, 1.82) is 0 Å². The summed E-state index contributed by atoms with van der Waals surface area (Å²) in [5.41, 5.74) is 4.68. The van der Waals surface area contributed by atoms with Gasteiger partial charge in [-0.1, -0.05) is 12.1 Å². The van der Waals surface area contributed by atoms with Crippen molar-refractivity contribution in [3.8, 4) is 0 Å². The van der Waals surface area contributed by atoms with Crippen molar-refractivity contribution in [3.05, 3.63) is 59.2 Å². The molecule has 3 aromatic rings. The van der Waals surface area contributed by atoms with Crippen LogP contribution in [0.25, 0.3) is 10.9 Å². The Balaban J connectivity index is 0.00000256. The summed E-state index contributed by atoms with van der Waals surface area (Å²) in [6.07, 6.45) is 3.49. The second-order valence-corrected chi connectivity index (χ2v) is 7.69. The third-order valence-corrected chi connectivity index (χ3v) is 5.71. The van der Waals surface area contributed by atoms with Crippen LogP contribution in [0.15, 0.2) is 36.5 Å². The van der Waals surface area contributed by atoms with Gasteiger partial charge in [0.25, 0.3) is 0 Å². The van der Waals surface area contributed by atoms with Crippen LogP contribution in [-0.2, 0) is 22.6 Å². The zero-order chi connectivity index (χ0) is 20.4. The number of aryl methyl sites for hydroxylation is 2. The Morgan fingerprint density at radius 2 is 1.83 bits per heavy atom. The predicted molar refractivity (Wildman–Crippen MR) is 120 cm³/mol. The Kier molecular flexibility index (Phi) is 7.34. The Hall–Kier alpha value is -2.15. The molecule has 0 N–H and O–H groups in total. The molecule has 0 radical (unpaired) electrons. The number of rotatable bonds is 6. The van der Waals surface area contributed by atoms with Crippen LogP contribution in [0.3, 0.4) is 0 Å². The van der Waals surface area contributed by atoms with Crippen LogP contribution in [0.5, 0.6) is 0 Å². The SMILES string of the molecule is Cc1c(C)n(CCC2OCCCO2)c2c(N(C)Cc3ccc(F)cc3)nccc12.Cl. The molecule has 5 nitrogen and oxygen atoms in total. The lowest BCUT2D eigenvalue weighted by Crippen LogP contribution is -2.26. The molecule has 1 aliphatic rings. The highest BCUT2D eigenvalue weighted by Crippen LogP contribution is 2.32. The lowest BCUT2D eigenvalue weighted by molar-refractivity contribution is -0.182. The number of anilines is 1. The van der Waals surface area contributed by atoms with Gasteiger partial charge in [-0.25, -0.2) is 9.37 Å². The summed E-state index contributed by atoms with van der Waals surface area (Å²) >= 11 is 0. The summed E-state index contributed by atoms with van der Waals surface area (Å²) in [7, 11) is 2.03. The minimum absolute atomic E-state index is 0. The van der Waals surface area contributed by atoms with Crippen LogP contribution in [0.2, 0.25) is 0 Å². The number of hydrogen-bond acceptors (Lipinski definition) is 4. The van der Waals surface area contributed by atoms with Crippen LogP contribution in [-0.4, -0.2) is 36.1 Å². The molecule has 1 aromatic carbocycles. The van der Waals surface area contributed by atoms with Crippen LogP contribution < -0.4 is 4.90 Å². The first-order chi connectivity index (χ1) is 14.0. The number of halogens is 2. The minimum Gasteiger partial charge on any atom is -0.354 e. The first-order valence-electron chi connectivity index (χ1n) is 10.2. The molecule has 0 spiro atoms. The summed E-state index contributed by atoms with van der Waals surface area (Å²) in [4.78, 5) is 6.82. The van der Waals surface area contributed by atoms with Crippen molar-refractivity contribution in [2.24, 2.45) is 0 Å². The highest BCUT2D eigenvalue weighted by atomic mass is 35.5. The van der Waals surface area contributed by atoms with E-state index in [4.69, 9.17) is 14.5 Å². The highest BCUT2D eigenvalue weighted by molar-refractivity contribution is 5.93. The van der Waals surface area contributed by atoms with Gasteiger partial charge >= 0.3 is 0 Å². The van der Waals surface area contributed by atoms with Gasteiger partial charge in [-0.3, -0.25) is 0 Å². The maximum absolute atomic E-state index is 13.2. The molecule has 3 heterocycles. The number of hydrogen-bond donors (Lipinski definition) is 0. The van der Waals surface area contributed by atoms with E-state index in [9.17, 15) is 4.39 Å². The Morgan fingerprint density at radius 3 is 2.53 bits per heavy atom. The molecule has 4 rings (SSSR count). The molecule has 0 unspecified atom stereocenters. The van der Waals surface area contributed by atoms with E-state index in [-0.39, 0.29) is 24.5 Å². The number of aromatic nitrogens is 2. The molecule has 1 saturated heterocycles. The molecule has 30 heavy (non-hydrogen) atoms. The highest BCUT2D eigenvalue weighted by Gasteiger charge is 2.20. The Bertz CT molecular complexity index is 984. The summed E-state index contributed by atoms with van der Waals surface area (Å²) in [5, 5.41) is 1.21. The lowest BCUT2D eigenvalue weighted by atomic mass is 10.2. The molecule has 162 valence electrons. The number of pyridine rings is 1. The van der Waals surface area contributed by atoms with E-state index in [1.165, 1.54) is 28.8 Å². The van der Waals surface area contributed by atoms with Gasteiger partial charge < -0.3 is 18.9 Å². The van der Waals surface area contributed by atoms with Crippen molar-refractivity contribution in [3.63, 3.8) is 0 Å². The summed E-state index contributed by atoms with van der Waals surface area (Å²) < 4.78 is 27.0. The normalized spacial score (nSPS) is 14.7. The second kappa shape index (κ2) is 9.77. The largest absolute Gasteiger partial charge is 0.354 e. The standard InChI is InChI=1S/C23H28FN3O2.ClH/c1-16-17(2)27(12-10-21-28-13-4-14-29-21)22-20(16)9-11-25-23(22)26(3)15-18-5-7-19(24)8-6-18;/h5-9,11,21H,4,10,12-15H2,1-3H3;1H. The van der Waals surface area contributed by atoms with Gasteiger partial charge in [0.2, 0.25) is 0 Å². The fraction of sp³-hybridized carbons (Fsp3) is 0.435.